The Morgan fingerprint density at radius 1 is 1.28 bits per heavy atom. The van der Waals surface area contributed by atoms with Gasteiger partial charge in [0.25, 0.3) is 0 Å². The van der Waals surface area contributed by atoms with E-state index in [1.54, 1.807) is 24.3 Å². The molecular weight excluding hydrogens is 431 g/mol. The first-order chi connectivity index (χ1) is 12.0. The summed E-state index contributed by atoms with van der Waals surface area (Å²) in [6, 6.07) is 13.0. The lowest BCUT2D eigenvalue weighted by Gasteiger charge is -2.09. The summed E-state index contributed by atoms with van der Waals surface area (Å²) in [6.07, 6.45) is 3.15. The fourth-order valence-corrected chi connectivity index (χ4v) is 2.78. The summed E-state index contributed by atoms with van der Waals surface area (Å²) in [6.45, 7) is 1.90. The SMILES string of the molecule is COc1cc(C=CC(=O)Nc2ccc(I)cc2C)ccc1OCC#N. The van der Waals surface area contributed by atoms with Crippen molar-refractivity contribution in [1.82, 2.24) is 0 Å². The van der Waals surface area contributed by atoms with Crippen molar-refractivity contribution < 1.29 is 14.3 Å². The average Bonchev–Trinajstić information content (AvgIpc) is 2.60. The van der Waals surface area contributed by atoms with Crippen LogP contribution in [0.3, 0.4) is 0 Å². The minimum Gasteiger partial charge on any atom is -0.493 e. The molecular formula is C19H17IN2O3. The van der Waals surface area contributed by atoms with Gasteiger partial charge < -0.3 is 14.8 Å². The van der Waals surface area contributed by atoms with E-state index in [-0.39, 0.29) is 12.5 Å². The molecule has 0 radical (unpaired) electrons. The molecule has 0 unspecified atom stereocenters. The van der Waals surface area contributed by atoms with Gasteiger partial charge in [0.15, 0.2) is 18.1 Å². The molecule has 6 heteroatoms. The van der Waals surface area contributed by atoms with Gasteiger partial charge in [-0.15, -0.1) is 0 Å². The number of nitrogens with one attached hydrogen (secondary N) is 1. The standard InChI is InChI=1S/C19H17IN2O3/c1-13-11-15(20)5-6-16(13)22-19(23)8-4-14-3-7-17(25-10-9-21)18(12-14)24-2/h3-8,11-12H,10H2,1-2H3,(H,22,23). The van der Waals surface area contributed by atoms with Crippen molar-refractivity contribution in [3.63, 3.8) is 0 Å². The summed E-state index contributed by atoms with van der Waals surface area (Å²) in [4.78, 5) is 12.1. The molecule has 0 bridgehead atoms. The van der Waals surface area contributed by atoms with Crippen LogP contribution in [-0.2, 0) is 4.79 Å². The normalized spacial score (nSPS) is 10.3. The van der Waals surface area contributed by atoms with E-state index in [4.69, 9.17) is 14.7 Å². The van der Waals surface area contributed by atoms with Crippen LogP contribution in [0.2, 0.25) is 0 Å². The van der Waals surface area contributed by atoms with E-state index >= 15 is 0 Å². The van der Waals surface area contributed by atoms with E-state index in [9.17, 15) is 4.79 Å². The smallest absolute Gasteiger partial charge is 0.248 e. The van der Waals surface area contributed by atoms with E-state index in [1.807, 2.05) is 31.2 Å². The number of carbonyl (C=O) groups is 1. The molecule has 0 atom stereocenters. The molecule has 0 aliphatic carbocycles. The number of carbonyl (C=O) groups excluding carboxylic acids is 1. The quantitative estimate of drug-likeness (QED) is 0.532. The van der Waals surface area contributed by atoms with Crippen LogP contribution < -0.4 is 14.8 Å². The number of aryl methyl sites for hydroxylation is 1. The lowest BCUT2D eigenvalue weighted by atomic mass is 10.1. The van der Waals surface area contributed by atoms with Gasteiger partial charge in [0.2, 0.25) is 5.91 Å². The maximum Gasteiger partial charge on any atom is 0.248 e. The van der Waals surface area contributed by atoms with Crippen molar-refractivity contribution in [2.75, 3.05) is 19.0 Å². The minimum atomic E-state index is -0.215. The molecule has 1 N–H and O–H groups in total. The molecule has 0 saturated carbocycles. The Balaban J connectivity index is 2.07. The number of methoxy groups -OCH3 is 1. The fourth-order valence-electron chi connectivity index (χ4n) is 2.13. The fraction of sp³-hybridized carbons (Fsp3) is 0.158. The Labute approximate surface area is 160 Å². The van der Waals surface area contributed by atoms with E-state index in [0.29, 0.717) is 11.5 Å². The van der Waals surface area contributed by atoms with Gasteiger partial charge in [-0.25, -0.2) is 0 Å². The number of nitrogens with zero attached hydrogens (tertiary/aromatic N) is 1. The summed E-state index contributed by atoms with van der Waals surface area (Å²) in [7, 11) is 1.52. The van der Waals surface area contributed by atoms with Crippen molar-refractivity contribution >= 4 is 40.3 Å². The zero-order valence-electron chi connectivity index (χ0n) is 13.9. The second-order valence-corrected chi connectivity index (χ2v) is 6.38. The molecule has 0 aliphatic rings. The molecule has 0 aliphatic heterocycles. The third-order valence-electron chi connectivity index (χ3n) is 3.35. The van der Waals surface area contributed by atoms with Gasteiger partial charge in [0.05, 0.1) is 7.11 Å². The number of hydrogen-bond acceptors (Lipinski definition) is 4. The first-order valence-electron chi connectivity index (χ1n) is 7.46. The predicted molar refractivity (Wildman–Crippen MR) is 106 cm³/mol. The van der Waals surface area contributed by atoms with Gasteiger partial charge in [-0.1, -0.05) is 6.07 Å². The second-order valence-electron chi connectivity index (χ2n) is 5.14. The highest BCUT2D eigenvalue weighted by Gasteiger charge is 2.05. The molecule has 0 fully saturated rings. The molecule has 0 saturated heterocycles. The molecule has 5 nitrogen and oxygen atoms in total. The summed E-state index contributed by atoms with van der Waals surface area (Å²) < 4.78 is 11.6. The summed E-state index contributed by atoms with van der Waals surface area (Å²) in [5.41, 5.74) is 2.58. The van der Waals surface area contributed by atoms with E-state index in [1.165, 1.54) is 13.2 Å². The zero-order chi connectivity index (χ0) is 18.2. The Kier molecular flexibility index (Phi) is 6.83. The number of anilines is 1. The van der Waals surface area contributed by atoms with Crippen LogP contribution in [0.15, 0.2) is 42.5 Å². The number of nitriles is 1. The van der Waals surface area contributed by atoms with E-state index in [0.717, 1.165) is 20.4 Å². The highest BCUT2D eigenvalue weighted by molar-refractivity contribution is 14.1. The van der Waals surface area contributed by atoms with E-state index < -0.39 is 0 Å². The van der Waals surface area contributed by atoms with Gasteiger partial charge in [0, 0.05) is 15.3 Å². The highest BCUT2D eigenvalue weighted by atomic mass is 127. The largest absolute Gasteiger partial charge is 0.493 e. The number of rotatable bonds is 6. The average molecular weight is 448 g/mol. The zero-order valence-corrected chi connectivity index (χ0v) is 16.0. The number of amides is 1. The lowest BCUT2D eigenvalue weighted by molar-refractivity contribution is -0.111. The monoisotopic (exact) mass is 448 g/mol. The third-order valence-corrected chi connectivity index (χ3v) is 4.02. The van der Waals surface area contributed by atoms with Crippen molar-refractivity contribution in [2.24, 2.45) is 0 Å². The van der Waals surface area contributed by atoms with Gasteiger partial charge in [-0.05, 0) is 77.0 Å². The molecule has 0 spiro atoms. The van der Waals surface area contributed by atoms with Crippen molar-refractivity contribution in [3.8, 4) is 17.6 Å². The topological polar surface area (TPSA) is 71.3 Å². The molecule has 0 aromatic heterocycles. The van der Waals surface area contributed by atoms with Crippen LogP contribution in [0.1, 0.15) is 11.1 Å². The second kappa shape index (κ2) is 9.08. The van der Waals surface area contributed by atoms with Crippen LogP contribution in [0, 0.1) is 21.8 Å². The number of benzene rings is 2. The molecule has 1 amide bonds. The summed E-state index contributed by atoms with van der Waals surface area (Å²) in [5, 5.41) is 11.4. The Hall–Kier alpha value is -2.53. The molecule has 2 rings (SSSR count). The van der Waals surface area contributed by atoms with Crippen molar-refractivity contribution in [2.45, 2.75) is 6.92 Å². The summed E-state index contributed by atoms with van der Waals surface area (Å²) >= 11 is 2.23. The van der Waals surface area contributed by atoms with Crippen molar-refractivity contribution in [1.29, 1.82) is 5.26 Å². The molecule has 2 aromatic rings. The lowest BCUT2D eigenvalue weighted by Crippen LogP contribution is -2.08. The maximum absolute atomic E-state index is 12.1. The first kappa shape index (κ1) is 18.8. The number of hydrogen-bond donors (Lipinski definition) is 1. The van der Waals surface area contributed by atoms with Crippen LogP contribution in [0.5, 0.6) is 11.5 Å². The van der Waals surface area contributed by atoms with Crippen LogP contribution in [0.25, 0.3) is 6.08 Å². The first-order valence-corrected chi connectivity index (χ1v) is 8.54. The molecule has 0 heterocycles. The molecule has 25 heavy (non-hydrogen) atoms. The summed E-state index contributed by atoms with van der Waals surface area (Å²) in [5.74, 6) is 0.777. The Morgan fingerprint density at radius 2 is 2.08 bits per heavy atom. The highest BCUT2D eigenvalue weighted by Crippen LogP contribution is 2.28. The molecule has 2 aromatic carbocycles. The Morgan fingerprint density at radius 3 is 2.76 bits per heavy atom. The maximum atomic E-state index is 12.1. The van der Waals surface area contributed by atoms with Crippen LogP contribution in [0.4, 0.5) is 5.69 Å². The molecule has 128 valence electrons. The van der Waals surface area contributed by atoms with Gasteiger partial charge >= 0.3 is 0 Å². The van der Waals surface area contributed by atoms with Crippen LogP contribution >= 0.6 is 22.6 Å². The van der Waals surface area contributed by atoms with Gasteiger partial charge in [0.1, 0.15) is 6.07 Å². The minimum absolute atomic E-state index is 0.0523. The van der Waals surface area contributed by atoms with Gasteiger partial charge in [-0.3, -0.25) is 4.79 Å². The number of ether oxygens (including phenoxy) is 2. The van der Waals surface area contributed by atoms with Gasteiger partial charge in [-0.2, -0.15) is 5.26 Å². The third kappa shape index (κ3) is 5.50. The van der Waals surface area contributed by atoms with Crippen molar-refractivity contribution in [3.05, 3.63) is 57.2 Å². The number of halogens is 1. The Bertz CT molecular complexity index is 841. The predicted octanol–water partition coefficient (Wildman–Crippen LogP) is 4.16. The van der Waals surface area contributed by atoms with E-state index in [2.05, 4.69) is 27.9 Å². The van der Waals surface area contributed by atoms with Crippen LogP contribution in [-0.4, -0.2) is 19.6 Å².